The summed E-state index contributed by atoms with van der Waals surface area (Å²) in [7, 11) is 0. The molecule has 5 heteroatoms. The summed E-state index contributed by atoms with van der Waals surface area (Å²) in [6, 6.07) is 6.97. The van der Waals surface area contributed by atoms with Gasteiger partial charge in [0, 0.05) is 18.0 Å². The fourth-order valence-electron chi connectivity index (χ4n) is 1.45. The minimum Gasteiger partial charge on any atom is -0.468 e. The molecule has 1 aromatic carbocycles. The van der Waals surface area contributed by atoms with Crippen molar-refractivity contribution < 1.29 is 14.3 Å². The van der Waals surface area contributed by atoms with E-state index < -0.39 is 0 Å². The first-order valence-corrected chi connectivity index (χ1v) is 5.41. The lowest BCUT2D eigenvalue weighted by Gasteiger charge is -2.10. The molecule has 1 atom stereocenters. The molecule has 1 fully saturated rings. The third-order valence-corrected chi connectivity index (χ3v) is 2.56. The Hall–Kier alpha value is -1.26. The summed E-state index contributed by atoms with van der Waals surface area (Å²) in [6.45, 7) is 0.740. The summed E-state index contributed by atoms with van der Waals surface area (Å²) in [4.78, 5) is 11.2. The number of hydrogen-bond acceptors (Lipinski definition) is 3. The van der Waals surface area contributed by atoms with E-state index in [-0.39, 0.29) is 18.8 Å². The van der Waals surface area contributed by atoms with Crippen LogP contribution < -0.4 is 10.1 Å². The summed E-state index contributed by atoms with van der Waals surface area (Å²) in [5.74, 6) is 0.600. The number of amides is 1. The van der Waals surface area contributed by atoms with Crippen molar-refractivity contribution >= 4 is 17.5 Å². The van der Waals surface area contributed by atoms with Crippen LogP contribution >= 0.6 is 11.6 Å². The van der Waals surface area contributed by atoms with Gasteiger partial charge in [-0.05, 0) is 24.3 Å². The number of nitrogens with one attached hydrogen (secondary N) is 1. The molecule has 1 heterocycles. The minimum absolute atomic E-state index is 0.0692. The van der Waals surface area contributed by atoms with E-state index in [2.05, 4.69) is 5.32 Å². The lowest BCUT2D eigenvalue weighted by atomic mass is 10.3. The fourth-order valence-corrected chi connectivity index (χ4v) is 1.57. The van der Waals surface area contributed by atoms with Crippen LogP contribution in [0.3, 0.4) is 0 Å². The molecule has 1 aromatic rings. The van der Waals surface area contributed by atoms with Crippen LogP contribution in [0.15, 0.2) is 24.3 Å². The van der Waals surface area contributed by atoms with E-state index >= 15 is 0 Å². The highest BCUT2D eigenvalue weighted by atomic mass is 35.5. The van der Waals surface area contributed by atoms with Crippen LogP contribution in [-0.2, 0) is 9.53 Å². The first-order valence-electron chi connectivity index (χ1n) is 5.03. The van der Waals surface area contributed by atoms with Gasteiger partial charge in [0.15, 0.2) is 6.79 Å². The number of hydrogen-bond donors (Lipinski definition) is 1. The molecule has 0 radical (unpaired) electrons. The van der Waals surface area contributed by atoms with Crippen molar-refractivity contribution in [2.75, 3.05) is 13.3 Å². The van der Waals surface area contributed by atoms with E-state index in [0.29, 0.717) is 23.7 Å². The monoisotopic (exact) mass is 241 g/mol. The maximum atomic E-state index is 11.2. The second-order valence-corrected chi connectivity index (χ2v) is 3.89. The Morgan fingerprint density at radius 3 is 2.75 bits per heavy atom. The number of rotatable bonds is 4. The lowest BCUT2D eigenvalue weighted by Crippen LogP contribution is -2.26. The molecule has 0 aliphatic carbocycles. The number of halogens is 1. The van der Waals surface area contributed by atoms with Gasteiger partial charge in [-0.15, -0.1) is 0 Å². The van der Waals surface area contributed by atoms with Gasteiger partial charge in [0.25, 0.3) is 0 Å². The Bertz CT molecular complexity index is 366. The Labute approximate surface area is 98.5 Å². The SMILES string of the molecule is O=C1NCCC1OCOc1ccc(Cl)cc1. The van der Waals surface area contributed by atoms with Crippen LogP contribution in [0.25, 0.3) is 0 Å². The third kappa shape index (κ3) is 2.87. The number of carbonyl (C=O) groups excluding carboxylic acids is 1. The molecular weight excluding hydrogens is 230 g/mol. The van der Waals surface area contributed by atoms with E-state index in [1.54, 1.807) is 24.3 Å². The largest absolute Gasteiger partial charge is 0.468 e. The Kier molecular flexibility index (Phi) is 3.64. The molecule has 1 unspecified atom stereocenters. The van der Waals surface area contributed by atoms with Crippen LogP contribution in [0.2, 0.25) is 5.02 Å². The first-order chi connectivity index (χ1) is 7.75. The van der Waals surface area contributed by atoms with Crippen molar-refractivity contribution in [3.8, 4) is 5.75 Å². The van der Waals surface area contributed by atoms with Gasteiger partial charge >= 0.3 is 0 Å². The molecule has 0 spiro atoms. The van der Waals surface area contributed by atoms with Crippen molar-refractivity contribution in [3.05, 3.63) is 29.3 Å². The highest BCUT2D eigenvalue weighted by molar-refractivity contribution is 6.30. The summed E-state index contributed by atoms with van der Waals surface area (Å²) in [6.07, 6.45) is 0.315. The Morgan fingerprint density at radius 1 is 1.38 bits per heavy atom. The molecule has 1 aliphatic heterocycles. The number of benzene rings is 1. The predicted octanol–water partition coefficient (Wildman–Crippen LogP) is 1.58. The standard InChI is InChI=1S/C11H12ClNO3/c12-8-1-3-9(4-2-8)15-7-16-10-5-6-13-11(10)14/h1-4,10H,5-7H2,(H,13,14). The van der Waals surface area contributed by atoms with Crippen LogP contribution in [0.1, 0.15) is 6.42 Å². The molecule has 0 bridgehead atoms. The second-order valence-electron chi connectivity index (χ2n) is 3.45. The van der Waals surface area contributed by atoms with E-state index in [1.807, 2.05) is 0 Å². The van der Waals surface area contributed by atoms with Gasteiger partial charge in [-0.3, -0.25) is 4.79 Å². The van der Waals surface area contributed by atoms with Gasteiger partial charge in [-0.25, -0.2) is 0 Å². The van der Waals surface area contributed by atoms with Gasteiger partial charge in [0.05, 0.1) is 0 Å². The van der Waals surface area contributed by atoms with Gasteiger partial charge < -0.3 is 14.8 Å². The van der Waals surface area contributed by atoms with Crippen molar-refractivity contribution in [3.63, 3.8) is 0 Å². The first kappa shape index (κ1) is 11.2. The van der Waals surface area contributed by atoms with E-state index in [0.717, 1.165) is 0 Å². The molecule has 4 nitrogen and oxygen atoms in total. The maximum absolute atomic E-state index is 11.2. The smallest absolute Gasteiger partial charge is 0.249 e. The average Bonchev–Trinajstić information content (AvgIpc) is 2.68. The van der Waals surface area contributed by atoms with Crippen molar-refractivity contribution in [1.29, 1.82) is 0 Å². The van der Waals surface area contributed by atoms with Crippen molar-refractivity contribution in [2.24, 2.45) is 0 Å². The molecule has 1 amide bonds. The van der Waals surface area contributed by atoms with Crippen LogP contribution in [0.4, 0.5) is 0 Å². The molecule has 1 aliphatic rings. The summed E-state index contributed by atoms with van der Waals surface area (Å²) in [5.41, 5.74) is 0. The Morgan fingerprint density at radius 2 is 2.12 bits per heavy atom. The van der Waals surface area contributed by atoms with Gasteiger partial charge in [-0.2, -0.15) is 0 Å². The highest BCUT2D eigenvalue weighted by Crippen LogP contribution is 2.15. The lowest BCUT2D eigenvalue weighted by molar-refractivity contribution is -0.133. The zero-order chi connectivity index (χ0) is 11.4. The maximum Gasteiger partial charge on any atom is 0.249 e. The molecular formula is C11H12ClNO3. The predicted molar refractivity (Wildman–Crippen MR) is 59.4 cm³/mol. The van der Waals surface area contributed by atoms with E-state index in [1.165, 1.54) is 0 Å². The summed E-state index contributed by atoms with van der Waals surface area (Å²) >= 11 is 5.73. The molecule has 0 saturated carbocycles. The zero-order valence-electron chi connectivity index (χ0n) is 8.61. The molecule has 1 N–H and O–H groups in total. The molecule has 1 saturated heterocycles. The topological polar surface area (TPSA) is 47.6 Å². The molecule has 86 valence electrons. The number of ether oxygens (including phenoxy) is 2. The zero-order valence-corrected chi connectivity index (χ0v) is 9.37. The highest BCUT2D eigenvalue weighted by Gasteiger charge is 2.24. The minimum atomic E-state index is -0.382. The van der Waals surface area contributed by atoms with Gasteiger partial charge in [0.2, 0.25) is 5.91 Å². The van der Waals surface area contributed by atoms with Crippen molar-refractivity contribution in [1.82, 2.24) is 5.32 Å². The van der Waals surface area contributed by atoms with Crippen LogP contribution in [0, 0.1) is 0 Å². The molecule has 2 rings (SSSR count). The fraction of sp³-hybridized carbons (Fsp3) is 0.364. The third-order valence-electron chi connectivity index (χ3n) is 2.31. The van der Waals surface area contributed by atoms with Crippen LogP contribution in [0.5, 0.6) is 5.75 Å². The summed E-state index contributed by atoms with van der Waals surface area (Å²) in [5, 5.41) is 3.34. The van der Waals surface area contributed by atoms with E-state index in [9.17, 15) is 4.79 Å². The van der Waals surface area contributed by atoms with Gasteiger partial charge in [-0.1, -0.05) is 11.6 Å². The quantitative estimate of drug-likeness (QED) is 0.815. The normalized spacial score (nSPS) is 19.6. The second kappa shape index (κ2) is 5.18. The van der Waals surface area contributed by atoms with Crippen molar-refractivity contribution in [2.45, 2.75) is 12.5 Å². The average molecular weight is 242 g/mol. The summed E-state index contributed by atoms with van der Waals surface area (Å²) < 4.78 is 10.6. The van der Waals surface area contributed by atoms with E-state index in [4.69, 9.17) is 21.1 Å². The number of carbonyl (C=O) groups is 1. The van der Waals surface area contributed by atoms with Gasteiger partial charge in [0.1, 0.15) is 11.9 Å². The Balaban J connectivity index is 1.75. The van der Waals surface area contributed by atoms with Crippen LogP contribution in [-0.4, -0.2) is 25.3 Å². The molecule has 0 aromatic heterocycles. The molecule has 16 heavy (non-hydrogen) atoms.